The van der Waals surface area contributed by atoms with E-state index in [0.29, 0.717) is 21.4 Å². The van der Waals surface area contributed by atoms with Crippen LogP contribution in [0.15, 0.2) is 24.4 Å². The molecule has 0 fully saturated rings. The van der Waals surface area contributed by atoms with Crippen LogP contribution in [0.2, 0.25) is 10.0 Å². The second kappa shape index (κ2) is 5.89. The SMILES string of the molecule is OCc1c[nH]c(=S)n1CCc1ccc(Cl)cc1Cl. The van der Waals surface area contributed by atoms with Crippen molar-refractivity contribution < 1.29 is 5.11 Å². The molecular weight excluding hydrogens is 291 g/mol. The van der Waals surface area contributed by atoms with E-state index in [2.05, 4.69) is 4.98 Å². The molecule has 0 unspecified atom stereocenters. The smallest absolute Gasteiger partial charge is 0.177 e. The fourth-order valence-electron chi connectivity index (χ4n) is 1.76. The van der Waals surface area contributed by atoms with Gasteiger partial charge in [0.25, 0.3) is 0 Å². The Balaban J connectivity index is 2.16. The van der Waals surface area contributed by atoms with Gasteiger partial charge < -0.3 is 14.7 Å². The number of aryl methyl sites for hydroxylation is 1. The van der Waals surface area contributed by atoms with Crippen LogP contribution in [0.1, 0.15) is 11.3 Å². The molecule has 2 aromatic rings. The third-order valence-corrected chi connectivity index (χ3v) is 3.66. The van der Waals surface area contributed by atoms with Crippen LogP contribution in [0.4, 0.5) is 0 Å². The van der Waals surface area contributed by atoms with Crippen molar-refractivity contribution in [3.05, 3.63) is 50.5 Å². The minimum absolute atomic E-state index is 0.0402. The first-order valence-electron chi connectivity index (χ1n) is 5.43. The number of aromatic amines is 1. The summed E-state index contributed by atoms with van der Waals surface area (Å²) in [5, 5.41) is 10.5. The first kappa shape index (κ1) is 13.6. The zero-order valence-electron chi connectivity index (χ0n) is 9.49. The molecule has 6 heteroatoms. The minimum atomic E-state index is -0.0402. The Hall–Kier alpha value is -0.810. The van der Waals surface area contributed by atoms with E-state index in [1.165, 1.54) is 0 Å². The number of hydrogen-bond donors (Lipinski definition) is 2. The van der Waals surface area contributed by atoms with E-state index in [4.69, 9.17) is 35.4 Å². The van der Waals surface area contributed by atoms with Crippen LogP contribution < -0.4 is 0 Å². The van der Waals surface area contributed by atoms with Crippen LogP contribution in [0.5, 0.6) is 0 Å². The van der Waals surface area contributed by atoms with Crippen molar-refractivity contribution in [3.63, 3.8) is 0 Å². The molecule has 0 amide bonds. The largest absolute Gasteiger partial charge is 0.390 e. The lowest BCUT2D eigenvalue weighted by molar-refractivity contribution is 0.270. The molecule has 1 aromatic carbocycles. The summed E-state index contributed by atoms with van der Waals surface area (Å²) in [5.41, 5.74) is 1.78. The van der Waals surface area contributed by atoms with E-state index < -0.39 is 0 Å². The maximum Gasteiger partial charge on any atom is 0.177 e. The van der Waals surface area contributed by atoms with Crippen molar-refractivity contribution in [3.8, 4) is 0 Å². The average molecular weight is 303 g/mol. The molecule has 0 spiro atoms. The molecule has 0 aliphatic carbocycles. The lowest BCUT2D eigenvalue weighted by atomic mass is 10.1. The summed E-state index contributed by atoms with van der Waals surface area (Å²) in [6.45, 7) is 0.626. The summed E-state index contributed by atoms with van der Waals surface area (Å²) >= 11 is 17.1. The Labute approximate surface area is 120 Å². The van der Waals surface area contributed by atoms with Gasteiger partial charge in [0.15, 0.2) is 4.77 Å². The molecule has 2 N–H and O–H groups in total. The molecular formula is C12H12Cl2N2OS. The number of benzene rings is 1. The van der Waals surface area contributed by atoms with Gasteiger partial charge in [0.05, 0.1) is 12.3 Å². The Morgan fingerprint density at radius 2 is 2.11 bits per heavy atom. The van der Waals surface area contributed by atoms with Gasteiger partial charge in [-0.25, -0.2) is 0 Å². The average Bonchev–Trinajstić information content (AvgIpc) is 2.69. The van der Waals surface area contributed by atoms with Crippen molar-refractivity contribution in [1.29, 1.82) is 0 Å². The van der Waals surface area contributed by atoms with E-state index in [9.17, 15) is 5.11 Å². The van der Waals surface area contributed by atoms with Crippen molar-refractivity contribution >= 4 is 35.4 Å². The molecule has 0 saturated heterocycles. The Kier molecular flexibility index (Phi) is 4.45. The number of imidazole rings is 1. The normalized spacial score (nSPS) is 10.8. The summed E-state index contributed by atoms with van der Waals surface area (Å²) in [6.07, 6.45) is 2.45. The van der Waals surface area contributed by atoms with Crippen molar-refractivity contribution in [1.82, 2.24) is 9.55 Å². The maximum atomic E-state index is 9.19. The van der Waals surface area contributed by atoms with Gasteiger partial charge in [-0.2, -0.15) is 0 Å². The Bertz CT molecular complexity index is 606. The number of H-pyrrole nitrogens is 1. The molecule has 0 aliphatic rings. The topological polar surface area (TPSA) is 40.9 Å². The van der Waals surface area contributed by atoms with Gasteiger partial charge >= 0.3 is 0 Å². The quantitative estimate of drug-likeness (QED) is 0.848. The Morgan fingerprint density at radius 1 is 1.33 bits per heavy atom. The van der Waals surface area contributed by atoms with Crippen LogP contribution in [0.3, 0.4) is 0 Å². The van der Waals surface area contributed by atoms with Crippen LogP contribution in [0, 0.1) is 4.77 Å². The third kappa shape index (κ3) is 2.95. The number of aromatic nitrogens is 2. The van der Waals surface area contributed by atoms with Gasteiger partial charge in [-0.3, -0.25) is 0 Å². The molecule has 96 valence electrons. The number of rotatable bonds is 4. The molecule has 1 heterocycles. The van der Waals surface area contributed by atoms with Crippen LogP contribution in [0.25, 0.3) is 0 Å². The molecule has 18 heavy (non-hydrogen) atoms. The monoisotopic (exact) mass is 302 g/mol. The fourth-order valence-corrected chi connectivity index (χ4v) is 2.53. The second-order valence-corrected chi connectivity index (χ2v) is 5.11. The summed E-state index contributed by atoms with van der Waals surface area (Å²) in [4.78, 5) is 2.91. The highest BCUT2D eigenvalue weighted by molar-refractivity contribution is 7.71. The second-order valence-electron chi connectivity index (χ2n) is 3.88. The first-order valence-corrected chi connectivity index (χ1v) is 6.60. The van der Waals surface area contributed by atoms with Gasteiger partial charge in [0.2, 0.25) is 0 Å². The highest BCUT2D eigenvalue weighted by atomic mass is 35.5. The molecule has 0 aliphatic heterocycles. The number of halogens is 2. The van der Waals surface area contributed by atoms with Crippen molar-refractivity contribution in [2.24, 2.45) is 0 Å². The first-order chi connectivity index (χ1) is 8.61. The molecule has 2 rings (SSSR count). The highest BCUT2D eigenvalue weighted by Gasteiger charge is 2.05. The predicted octanol–water partition coefficient (Wildman–Crippen LogP) is 3.59. The molecule has 0 radical (unpaired) electrons. The molecule has 3 nitrogen and oxygen atoms in total. The number of nitrogens with zero attached hydrogens (tertiary/aromatic N) is 1. The van der Waals surface area contributed by atoms with Gasteiger partial charge in [-0.1, -0.05) is 29.3 Å². The van der Waals surface area contributed by atoms with E-state index in [1.807, 2.05) is 16.7 Å². The fraction of sp³-hybridized carbons (Fsp3) is 0.250. The summed E-state index contributed by atoms with van der Waals surface area (Å²) in [6, 6.07) is 5.44. The van der Waals surface area contributed by atoms with Gasteiger partial charge in [0, 0.05) is 22.8 Å². The van der Waals surface area contributed by atoms with Crippen molar-refractivity contribution in [2.75, 3.05) is 0 Å². The van der Waals surface area contributed by atoms with Crippen LogP contribution in [-0.4, -0.2) is 14.7 Å². The van der Waals surface area contributed by atoms with Crippen molar-refractivity contribution in [2.45, 2.75) is 19.6 Å². The zero-order chi connectivity index (χ0) is 13.1. The lowest BCUT2D eigenvalue weighted by Crippen LogP contribution is -2.06. The van der Waals surface area contributed by atoms with E-state index in [-0.39, 0.29) is 6.61 Å². The highest BCUT2D eigenvalue weighted by Crippen LogP contribution is 2.21. The van der Waals surface area contributed by atoms with Gasteiger partial charge in [-0.05, 0) is 36.3 Å². The summed E-state index contributed by atoms with van der Waals surface area (Å²) < 4.78 is 2.46. The summed E-state index contributed by atoms with van der Waals surface area (Å²) in [7, 11) is 0. The lowest BCUT2D eigenvalue weighted by Gasteiger charge is -2.08. The predicted molar refractivity (Wildman–Crippen MR) is 75.7 cm³/mol. The molecule has 1 aromatic heterocycles. The third-order valence-electron chi connectivity index (χ3n) is 2.74. The Morgan fingerprint density at radius 3 is 2.78 bits per heavy atom. The zero-order valence-corrected chi connectivity index (χ0v) is 11.8. The van der Waals surface area contributed by atoms with E-state index in [1.54, 1.807) is 12.3 Å². The maximum absolute atomic E-state index is 9.19. The van der Waals surface area contributed by atoms with E-state index in [0.717, 1.165) is 17.7 Å². The standard InChI is InChI=1S/C12H12Cl2N2OS/c13-9-2-1-8(11(14)5-9)3-4-16-10(7-17)6-15-12(16)18/h1-2,5-6,17H,3-4,7H2,(H,15,18). The minimum Gasteiger partial charge on any atom is -0.390 e. The molecule has 0 atom stereocenters. The molecule has 0 bridgehead atoms. The number of aliphatic hydroxyl groups is 1. The van der Waals surface area contributed by atoms with Gasteiger partial charge in [-0.15, -0.1) is 0 Å². The van der Waals surface area contributed by atoms with Crippen LogP contribution in [-0.2, 0) is 19.6 Å². The van der Waals surface area contributed by atoms with Crippen LogP contribution >= 0.6 is 35.4 Å². The number of hydrogen-bond acceptors (Lipinski definition) is 2. The van der Waals surface area contributed by atoms with E-state index >= 15 is 0 Å². The molecule has 0 saturated carbocycles. The number of aliphatic hydroxyl groups excluding tert-OH is 1. The van der Waals surface area contributed by atoms with Gasteiger partial charge in [0.1, 0.15) is 0 Å². The summed E-state index contributed by atoms with van der Waals surface area (Å²) in [5.74, 6) is 0. The number of nitrogens with one attached hydrogen (secondary N) is 1.